The SMILES string of the molecule is CC1CC(N2CC(N)CC(Cc3ccc(Cl)cc3)C2)C1. The zero-order chi connectivity index (χ0) is 14.1. The first kappa shape index (κ1) is 14.4. The molecule has 1 aliphatic heterocycles. The van der Waals surface area contributed by atoms with E-state index in [4.69, 9.17) is 17.3 Å². The Kier molecular flexibility index (Phi) is 4.34. The van der Waals surface area contributed by atoms with Crippen LogP contribution in [0.1, 0.15) is 31.7 Å². The lowest BCUT2D eigenvalue weighted by atomic mass is 9.78. The molecule has 2 N–H and O–H groups in total. The Morgan fingerprint density at radius 3 is 2.50 bits per heavy atom. The highest BCUT2D eigenvalue weighted by atomic mass is 35.5. The fourth-order valence-corrected chi connectivity index (χ4v) is 3.97. The van der Waals surface area contributed by atoms with Gasteiger partial charge in [-0.05, 0) is 55.2 Å². The second-order valence-corrected chi connectivity index (χ2v) is 7.31. The second-order valence-electron chi connectivity index (χ2n) is 6.88. The smallest absolute Gasteiger partial charge is 0.0406 e. The van der Waals surface area contributed by atoms with Crippen LogP contribution in [0.3, 0.4) is 0 Å². The minimum absolute atomic E-state index is 0.344. The summed E-state index contributed by atoms with van der Waals surface area (Å²) in [6.45, 7) is 4.66. The molecule has 0 aromatic heterocycles. The van der Waals surface area contributed by atoms with Crippen LogP contribution in [0.2, 0.25) is 5.02 Å². The Labute approximate surface area is 127 Å². The molecule has 0 spiro atoms. The van der Waals surface area contributed by atoms with E-state index in [0.29, 0.717) is 12.0 Å². The summed E-state index contributed by atoms with van der Waals surface area (Å²) in [5.41, 5.74) is 7.67. The van der Waals surface area contributed by atoms with Crippen molar-refractivity contribution < 1.29 is 0 Å². The number of nitrogens with zero attached hydrogens (tertiary/aromatic N) is 1. The molecule has 1 aliphatic carbocycles. The third kappa shape index (κ3) is 3.36. The number of hydrogen-bond acceptors (Lipinski definition) is 2. The van der Waals surface area contributed by atoms with E-state index in [1.807, 2.05) is 12.1 Å². The summed E-state index contributed by atoms with van der Waals surface area (Å²) in [5, 5.41) is 0.819. The summed E-state index contributed by atoms with van der Waals surface area (Å²) >= 11 is 5.95. The van der Waals surface area contributed by atoms with Gasteiger partial charge in [0.2, 0.25) is 0 Å². The molecule has 2 fully saturated rings. The first-order chi connectivity index (χ1) is 9.60. The molecule has 2 atom stereocenters. The summed E-state index contributed by atoms with van der Waals surface area (Å²) < 4.78 is 0. The number of halogens is 1. The van der Waals surface area contributed by atoms with Crippen LogP contribution < -0.4 is 5.73 Å². The van der Waals surface area contributed by atoms with Crippen LogP contribution in [0.25, 0.3) is 0 Å². The van der Waals surface area contributed by atoms with Gasteiger partial charge >= 0.3 is 0 Å². The van der Waals surface area contributed by atoms with Crippen LogP contribution in [-0.4, -0.2) is 30.1 Å². The predicted molar refractivity (Wildman–Crippen MR) is 85.0 cm³/mol. The summed E-state index contributed by atoms with van der Waals surface area (Å²) in [7, 11) is 0. The average Bonchev–Trinajstić information content (AvgIpc) is 2.37. The molecule has 3 heteroatoms. The molecule has 0 amide bonds. The Morgan fingerprint density at radius 2 is 1.85 bits per heavy atom. The maximum absolute atomic E-state index is 6.28. The van der Waals surface area contributed by atoms with Gasteiger partial charge in [-0.1, -0.05) is 30.7 Å². The third-order valence-electron chi connectivity index (χ3n) is 4.90. The van der Waals surface area contributed by atoms with Gasteiger partial charge in [0, 0.05) is 30.2 Å². The lowest BCUT2D eigenvalue weighted by Crippen LogP contribution is -2.54. The van der Waals surface area contributed by atoms with Gasteiger partial charge in [0.1, 0.15) is 0 Å². The van der Waals surface area contributed by atoms with Gasteiger partial charge in [-0.2, -0.15) is 0 Å². The van der Waals surface area contributed by atoms with Crippen LogP contribution in [0.5, 0.6) is 0 Å². The number of rotatable bonds is 3. The van der Waals surface area contributed by atoms with E-state index in [9.17, 15) is 0 Å². The van der Waals surface area contributed by atoms with Gasteiger partial charge in [0.15, 0.2) is 0 Å². The standard InChI is InChI=1S/C17H25ClN2/c1-12-6-17(7-12)20-10-14(9-16(19)11-20)8-13-2-4-15(18)5-3-13/h2-5,12,14,16-17H,6-11,19H2,1H3. The third-order valence-corrected chi connectivity index (χ3v) is 5.15. The summed E-state index contributed by atoms with van der Waals surface area (Å²) in [4.78, 5) is 2.65. The van der Waals surface area contributed by atoms with E-state index in [2.05, 4.69) is 24.0 Å². The molecule has 1 saturated carbocycles. The molecule has 2 unspecified atom stereocenters. The molecular formula is C17H25ClN2. The highest BCUT2D eigenvalue weighted by Gasteiger charge is 2.35. The summed E-state index contributed by atoms with van der Waals surface area (Å²) in [6.07, 6.45) is 5.01. The van der Waals surface area contributed by atoms with E-state index in [-0.39, 0.29) is 0 Å². The van der Waals surface area contributed by atoms with Crippen molar-refractivity contribution in [1.29, 1.82) is 0 Å². The molecule has 20 heavy (non-hydrogen) atoms. The Bertz CT molecular complexity index is 439. The fraction of sp³-hybridized carbons (Fsp3) is 0.647. The van der Waals surface area contributed by atoms with Crippen molar-refractivity contribution in [3.05, 3.63) is 34.9 Å². The monoisotopic (exact) mass is 292 g/mol. The van der Waals surface area contributed by atoms with Gasteiger partial charge in [-0.15, -0.1) is 0 Å². The van der Waals surface area contributed by atoms with E-state index in [0.717, 1.165) is 36.4 Å². The van der Waals surface area contributed by atoms with Gasteiger partial charge in [-0.3, -0.25) is 4.90 Å². The number of likely N-dealkylation sites (tertiary alicyclic amines) is 1. The van der Waals surface area contributed by atoms with Crippen molar-refractivity contribution in [1.82, 2.24) is 4.90 Å². The minimum atomic E-state index is 0.344. The van der Waals surface area contributed by atoms with Crippen molar-refractivity contribution in [3.8, 4) is 0 Å². The number of benzene rings is 1. The molecule has 0 bridgehead atoms. The zero-order valence-corrected chi connectivity index (χ0v) is 13.0. The maximum atomic E-state index is 6.28. The first-order valence-electron chi connectivity index (χ1n) is 7.84. The zero-order valence-electron chi connectivity index (χ0n) is 12.3. The van der Waals surface area contributed by atoms with Crippen molar-refractivity contribution in [2.75, 3.05) is 13.1 Å². The van der Waals surface area contributed by atoms with Gasteiger partial charge < -0.3 is 5.73 Å². The van der Waals surface area contributed by atoms with Crippen LogP contribution >= 0.6 is 11.6 Å². The number of hydrogen-bond donors (Lipinski definition) is 1. The molecule has 1 saturated heterocycles. The van der Waals surface area contributed by atoms with Crippen LogP contribution in [0, 0.1) is 11.8 Å². The topological polar surface area (TPSA) is 29.3 Å². The number of piperidine rings is 1. The van der Waals surface area contributed by atoms with Crippen LogP contribution in [0.15, 0.2) is 24.3 Å². The highest BCUT2D eigenvalue weighted by molar-refractivity contribution is 6.30. The molecule has 2 nitrogen and oxygen atoms in total. The maximum Gasteiger partial charge on any atom is 0.0406 e. The molecular weight excluding hydrogens is 268 g/mol. The molecule has 0 radical (unpaired) electrons. The molecule has 1 heterocycles. The molecule has 2 aliphatic rings. The second kappa shape index (κ2) is 6.05. The van der Waals surface area contributed by atoms with Crippen molar-refractivity contribution in [3.63, 3.8) is 0 Å². The number of nitrogens with two attached hydrogens (primary N) is 1. The normalized spacial score (nSPS) is 34.8. The van der Waals surface area contributed by atoms with Crippen molar-refractivity contribution in [2.24, 2.45) is 17.6 Å². The van der Waals surface area contributed by atoms with Gasteiger partial charge in [0.25, 0.3) is 0 Å². The molecule has 110 valence electrons. The van der Waals surface area contributed by atoms with Crippen molar-refractivity contribution in [2.45, 2.75) is 44.7 Å². The Balaban J connectivity index is 1.59. The van der Waals surface area contributed by atoms with E-state index >= 15 is 0 Å². The average molecular weight is 293 g/mol. The van der Waals surface area contributed by atoms with Crippen molar-refractivity contribution >= 4 is 11.6 Å². The lowest BCUT2D eigenvalue weighted by Gasteiger charge is -2.47. The Hall–Kier alpha value is -0.570. The van der Waals surface area contributed by atoms with Crippen LogP contribution in [-0.2, 0) is 6.42 Å². The largest absolute Gasteiger partial charge is 0.327 e. The molecule has 1 aromatic rings. The van der Waals surface area contributed by atoms with Gasteiger partial charge in [-0.25, -0.2) is 0 Å². The minimum Gasteiger partial charge on any atom is -0.327 e. The van der Waals surface area contributed by atoms with E-state index in [1.165, 1.54) is 24.9 Å². The molecule has 1 aromatic carbocycles. The quantitative estimate of drug-likeness (QED) is 0.926. The predicted octanol–water partition coefficient (Wildman–Crippen LogP) is 3.33. The van der Waals surface area contributed by atoms with Crippen LogP contribution in [0.4, 0.5) is 0 Å². The summed E-state index contributed by atoms with van der Waals surface area (Å²) in [5.74, 6) is 1.60. The molecule has 3 rings (SSSR count). The fourth-order valence-electron chi connectivity index (χ4n) is 3.84. The van der Waals surface area contributed by atoms with E-state index in [1.54, 1.807) is 0 Å². The van der Waals surface area contributed by atoms with E-state index < -0.39 is 0 Å². The highest BCUT2D eigenvalue weighted by Crippen LogP contribution is 2.34. The summed E-state index contributed by atoms with van der Waals surface area (Å²) in [6, 6.07) is 9.42. The van der Waals surface area contributed by atoms with Gasteiger partial charge in [0.05, 0.1) is 0 Å². The lowest BCUT2D eigenvalue weighted by molar-refractivity contribution is 0.0402. The Morgan fingerprint density at radius 1 is 1.15 bits per heavy atom. The first-order valence-corrected chi connectivity index (χ1v) is 8.22.